The van der Waals surface area contributed by atoms with Crippen LogP contribution in [0.2, 0.25) is 0 Å². The number of hydrogen-bond acceptors (Lipinski definition) is 3. The van der Waals surface area contributed by atoms with Crippen LogP contribution in [0.1, 0.15) is 37.0 Å². The molecule has 6 heteroatoms. The molecule has 0 saturated heterocycles. The van der Waals surface area contributed by atoms with Crippen LogP contribution in [-0.4, -0.2) is 20.4 Å². The Morgan fingerprint density at radius 2 is 1.63 bits per heavy atom. The van der Waals surface area contributed by atoms with Gasteiger partial charge in [-0.3, -0.25) is 4.79 Å². The van der Waals surface area contributed by atoms with E-state index in [1.54, 1.807) is 24.3 Å². The monoisotopic (exact) mass is 388 g/mol. The van der Waals surface area contributed by atoms with Crippen molar-refractivity contribution in [1.82, 2.24) is 10.0 Å². The first kappa shape index (κ1) is 21.1. The Hall–Kier alpha value is -2.18. The summed E-state index contributed by atoms with van der Waals surface area (Å²) >= 11 is 0. The van der Waals surface area contributed by atoms with Gasteiger partial charge in [0.05, 0.1) is 4.90 Å². The molecule has 0 radical (unpaired) electrons. The van der Waals surface area contributed by atoms with E-state index in [2.05, 4.69) is 10.0 Å². The summed E-state index contributed by atoms with van der Waals surface area (Å²) in [4.78, 5) is 12.8. The maximum atomic E-state index is 12.7. The van der Waals surface area contributed by atoms with Crippen molar-refractivity contribution >= 4 is 15.9 Å². The molecule has 0 aliphatic rings. The highest BCUT2D eigenvalue weighted by atomic mass is 32.2. The van der Waals surface area contributed by atoms with Crippen molar-refractivity contribution in [2.45, 2.75) is 51.6 Å². The highest BCUT2D eigenvalue weighted by molar-refractivity contribution is 7.89. The molecule has 0 bridgehead atoms. The van der Waals surface area contributed by atoms with E-state index in [1.807, 2.05) is 52.0 Å². The van der Waals surface area contributed by atoms with E-state index < -0.39 is 16.1 Å². The molecule has 0 saturated carbocycles. The van der Waals surface area contributed by atoms with Crippen LogP contribution in [-0.2, 0) is 21.4 Å². The molecular formula is C21H28N2O3S. The van der Waals surface area contributed by atoms with Gasteiger partial charge < -0.3 is 5.32 Å². The van der Waals surface area contributed by atoms with E-state index in [4.69, 9.17) is 0 Å². The van der Waals surface area contributed by atoms with Gasteiger partial charge in [-0.2, -0.15) is 4.72 Å². The van der Waals surface area contributed by atoms with Gasteiger partial charge in [0.2, 0.25) is 15.9 Å². The number of nitrogens with one attached hydrogen (secondary N) is 2. The molecule has 2 N–H and O–H groups in total. The van der Waals surface area contributed by atoms with Crippen molar-refractivity contribution in [2.24, 2.45) is 5.92 Å². The molecule has 2 aromatic rings. The van der Waals surface area contributed by atoms with Gasteiger partial charge in [0.25, 0.3) is 0 Å². The summed E-state index contributed by atoms with van der Waals surface area (Å²) in [6.07, 6.45) is 0.421. The second-order valence-electron chi connectivity index (χ2n) is 7.26. The van der Waals surface area contributed by atoms with Crippen LogP contribution in [0.15, 0.2) is 53.4 Å². The van der Waals surface area contributed by atoms with Gasteiger partial charge >= 0.3 is 0 Å². The normalized spacial score (nSPS) is 12.8. The largest absolute Gasteiger partial charge is 0.351 e. The van der Waals surface area contributed by atoms with Gasteiger partial charge in [-0.15, -0.1) is 0 Å². The molecule has 0 aromatic heterocycles. The van der Waals surface area contributed by atoms with Gasteiger partial charge in [-0.1, -0.05) is 55.8 Å². The minimum absolute atomic E-state index is 0.161. The third-order valence-corrected chi connectivity index (χ3v) is 5.85. The first-order chi connectivity index (χ1) is 12.7. The smallest absolute Gasteiger partial charge is 0.241 e. The second kappa shape index (κ2) is 9.15. The summed E-state index contributed by atoms with van der Waals surface area (Å²) in [5.41, 5.74) is 3.07. The molecule has 0 aliphatic heterocycles. The molecule has 2 rings (SSSR count). The Balaban J connectivity index is 2.12. The van der Waals surface area contributed by atoms with Crippen molar-refractivity contribution in [1.29, 1.82) is 0 Å². The highest BCUT2D eigenvalue weighted by Gasteiger charge is 2.26. The van der Waals surface area contributed by atoms with Crippen LogP contribution in [0.25, 0.3) is 0 Å². The average Bonchev–Trinajstić information content (AvgIpc) is 2.60. The van der Waals surface area contributed by atoms with Gasteiger partial charge in [0, 0.05) is 6.54 Å². The highest BCUT2D eigenvalue weighted by Crippen LogP contribution is 2.14. The number of hydrogen-bond donors (Lipinski definition) is 2. The molecule has 0 fully saturated rings. The first-order valence-electron chi connectivity index (χ1n) is 9.10. The molecule has 1 unspecified atom stereocenters. The quantitative estimate of drug-likeness (QED) is 0.728. The van der Waals surface area contributed by atoms with E-state index in [9.17, 15) is 13.2 Å². The summed E-state index contributed by atoms with van der Waals surface area (Å²) < 4.78 is 27.9. The van der Waals surface area contributed by atoms with E-state index in [0.717, 1.165) is 16.7 Å². The fourth-order valence-electron chi connectivity index (χ4n) is 2.77. The lowest BCUT2D eigenvalue weighted by Gasteiger charge is -2.20. The number of rotatable bonds is 8. The Kier molecular flexibility index (Phi) is 7.16. The Morgan fingerprint density at radius 1 is 1.00 bits per heavy atom. The molecule has 1 amide bonds. The lowest BCUT2D eigenvalue weighted by Crippen LogP contribution is -2.47. The number of carbonyl (C=O) groups is 1. The van der Waals surface area contributed by atoms with Crippen molar-refractivity contribution < 1.29 is 13.2 Å². The van der Waals surface area contributed by atoms with Crippen molar-refractivity contribution in [2.75, 3.05) is 0 Å². The fourth-order valence-corrected chi connectivity index (χ4v) is 3.98. The number of carbonyl (C=O) groups excluding carboxylic acids is 1. The number of sulfonamides is 1. The van der Waals surface area contributed by atoms with Crippen LogP contribution in [0.4, 0.5) is 0 Å². The van der Waals surface area contributed by atoms with E-state index in [1.165, 1.54) is 0 Å². The molecule has 1 atom stereocenters. The summed E-state index contributed by atoms with van der Waals surface area (Å²) in [5.74, 6) is -0.150. The molecule has 0 spiro atoms. The molecule has 0 heterocycles. The second-order valence-corrected chi connectivity index (χ2v) is 8.97. The summed E-state index contributed by atoms with van der Waals surface area (Å²) in [7, 11) is -3.77. The average molecular weight is 389 g/mol. The molecule has 27 heavy (non-hydrogen) atoms. The van der Waals surface area contributed by atoms with Crippen molar-refractivity contribution in [3.63, 3.8) is 0 Å². The maximum Gasteiger partial charge on any atom is 0.241 e. The molecular weight excluding hydrogens is 360 g/mol. The molecule has 0 aliphatic carbocycles. The summed E-state index contributed by atoms with van der Waals surface area (Å²) in [6, 6.07) is 13.5. The van der Waals surface area contributed by atoms with Crippen molar-refractivity contribution in [3.05, 3.63) is 65.2 Å². The zero-order valence-electron chi connectivity index (χ0n) is 16.3. The predicted molar refractivity (Wildman–Crippen MR) is 108 cm³/mol. The Bertz CT molecular complexity index is 875. The van der Waals surface area contributed by atoms with E-state index in [-0.39, 0.29) is 16.7 Å². The van der Waals surface area contributed by atoms with E-state index >= 15 is 0 Å². The molecule has 5 nitrogen and oxygen atoms in total. The minimum Gasteiger partial charge on any atom is -0.351 e. The van der Waals surface area contributed by atoms with Crippen LogP contribution in [0, 0.1) is 19.8 Å². The number of amides is 1. The molecule has 2 aromatic carbocycles. The van der Waals surface area contributed by atoms with Crippen molar-refractivity contribution in [3.8, 4) is 0 Å². The number of benzene rings is 2. The van der Waals surface area contributed by atoms with E-state index in [0.29, 0.717) is 13.0 Å². The van der Waals surface area contributed by atoms with Gasteiger partial charge in [-0.05, 0) is 49.4 Å². The lowest BCUT2D eigenvalue weighted by molar-refractivity contribution is -0.123. The third kappa shape index (κ3) is 6.19. The Labute approximate surface area is 162 Å². The zero-order valence-corrected chi connectivity index (χ0v) is 17.1. The Morgan fingerprint density at radius 3 is 2.22 bits per heavy atom. The van der Waals surface area contributed by atoms with Gasteiger partial charge in [-0.25, -0.2) is 8.42 Å². The maximum absolute atomic E-state index is 12.7. The molecule has 146 valence electrons. The van der Waals surface area contributed by atoms with Crippen LogP contribution in [0.5, 0.6) is 0 Å². The topological polar surface area (TPSA) is 75.3 Å². The zero-order chi connectivity index (χ0) is 20.0. The number of aryl methyl sites for hydroxylation is 2. The first-order valence-corrected chi connectivity index (χ1v) is 10.6. The van der Waals surface area contributed by atoms with Gasteiger partial charge in [0.15, 0.2) is 0 Å². The summed E-state index contributed by atoms with van der Waals surface area (Å²) in [5, 5.41) is 2.86. The van der Waals surface area contributed by atoms with Gasteiger partial charge in [0.1, 0.15) is 6.04 Å². The summed E-state index contributed by atoms with van der Waals surface area (Å²) in [6.45, 7) is 8.16. The van der Waals surface area contributed by atoms with Crippen LogP contribution >= 0.6 is 0 Å². The third-order valence-electron chi connectivity index (χ3n) is 4.37. The minimum atomic E-state index is -3.77. The standard InChI is InChI=1S/C21H28N2O3S/c1-15(2)13-20(21(24)22-14-18-8-6-5-7-17(18)4)23-27(25,26)19-11-9-16(3)10-12-19/h5-12,15,20,23H,13-14H2,1-4H3,(H,22,24). The van der Waals surface area contributed by atoms with Crippen LogP contribution < -0.4 is 10.0 Å². The van der Waals surface area contributed by atoms with Crippen LogP contribution in [0.3, 0.4) is 0 Å². The lowest BCUT2D eigenvalue weighted by atomic mass is 10.0. The predicted octanol–water partition coefficient (Wildman–Crippen LogP) is 3.31. The fraction of sp³-hybridized carbons (Fsp3) is 0.381. The SMILES string of the molecule is Cc1ccc(S(=O)(=O)NC(CC(C)C)C(=O)NCc2ccccc2C)cc1.